The van der Waals surface area contributed by atoms with Gasteiger partial charge in [0.2, 0.25) is 0 Å². The van der Waals surface area contributed by atoms with Crippen molar-refractivity contribution in [2.24, 2.45) is 0 Å². The van der Waals surface area contributed by atoms with Crippen LogP contribution in [0.15, 0.2) is 24.3 Å². The molecule has 0 heterocycles. The second-order valence-electron chi connectivity index (χ2n) is 3.53. The predicted molar refractivity (Wildman–Crippen MR) is 53.9 cm³/mol. The number of benzene rings is 1. The molecule has 88 valence electrons. The van der Waals surface area contributed by atoms with Crippen LogP contribution in [0.25, 0.3) is 0 Å². The van der Waals surface area contributed by atoms with Crippen molar-refractivity contribution in [3.63, 3.8) is 0 Å². The number of alkyl halides is 2. The molecule has 0 aromatic heterocycles. The molecule has 1 N–H and O–H groups in total. The van der Waals surface area contributed by atoms with Gasteiger partial charge in [-0.05, 0) is 24.6 Å². The quantitative estimate of drug-likeness (QED) is 0.845. The molecule has 16 heavy (non-hydrogen) atoms. The average Bonchev–Trinajstić information content (AvgIpc) is 2.13. The highest BCUT2D eigenvalue weighted by Crippen LogP contribution is 2.21. The average molecular weight is 230 g/mol. The monoisotopic (exact) mass is 230 g/mol. The number of carbonyl (C=O) groups is 1. The number of carboxylic acid groups (broad SMARTS) is 1. The van der Waals surface area contributed by atoms with E-state index in [0.29, 0.717) is 5.75 Å². The molecule has 5 heteroatoms. The van der Waals surface area contributed by atoms with Gasteiger partial charge in [0.15, 0.2) is 6.61 Å². The number of hydrogen-bond acceptors (Lipinski definition) is 2. The zero-order valence-electron chi connectivity index (χ0n) is 8.74. The lowest BCUT2D eigenvalue weighted by atomic mass is 10.2. The largest absolute Gasteiger partial charge is 0.487 e. The van der Waals surface area contributed by atoms with Gasteiger partial charge in [-0.25, -0.2) is 8.78 Å². The maximum Gasteiger partial charge on any atom is 0.309 e. The summed E-state index contributed by atoms with van der Waals surface area (Å²) in [5, 5.41) is 8.25. The molecule has 3 nitrogen and oxygen atoms in total. The van der Waals surface area contributed by atoms with Crippen LogP contribution in [-0.4, -0.2) is 23.6 Å². The Hall–Kier alpha value is -1.65. The molecule has 0 atom stereocenters. The lowest BCUT2D eigenvalue weighted by molar-refractivity contribution is -0.147. The lowest BCUT2D eigenvalue weighted by Crippen LogP contribution is -2.28. The number of rotatable bonds is 5. The van der Waals surface area contributed by atoms with Crippen molar-refractivity contribution in [1.82, 2.24) is 0 Å². The van der Waals surface area contributed by atoms with Crippen molar-refractivity contribution in [3.05, 3.63) is 29.8 Å². The number of carboxylic acids is 1. The van der Waals surface area contributed by atoms with Crippen molar-refractivity contribution in [1.29, 1.82) is 0 Å². The first kappa shape index (κ1) is 12.4. The van der Waals surface area contributed by atoms with E-state index in [1.807, 2.05) is 13.0 Å². The number of halogens is 2. The van der Waals surface area contributed by atoms with E-state index >= 15 is 0 Å². The van der Waals surface area contributed by atoms with Gasteiger partial charge in [0.05, 0.1) is 0 Å². The zero-order valence-corrected chi connectivity index (χ0v) is 8.74. The van der Waals surface area contributed by atoms with Crippen LogP contribution in [0.3, 0.4) is 0 Å². The first-order chi connectivity index (χ1) is 7.39. The van der Waals surface area contributed by atoms with E-state index in [4.69, 9.17) is 9.84 Å². The minimum Gasteiger partial charge on any atom is -0.487 e. The van der Waals surface area contributed by atoms with E-state index in [9.17, 15) is 13.6 Å². The molecule has 0 bridgehead atoms. The van der Waals surface area contributed by atoms with Gasteiger partial charge in [-0.3, -0.25) is 4.79 Å². The Labute approximate surface area is 91.7 Å². The van der Waals surface area contributed by atoms with E-state index in [2.05, 4.69) is 0 Å². The molecule has 0 aliphatic carbocycles. The number of ether oxygens (including phenoxy) is 1. The topological polar surface area (TPSA) is 46.5 Å². The van der Waals surface area contributed by atoms with E-state index < -0.39 is 24.9 Å². The Bertz CT molecular complexity index is 377. The van der Waals surface area contributed by atoms with Crippen LogP contribution in [0.2, 0.25) is 0 Å². The Morgan fingerprint density at radius 1 is 1.50 bits per heavy atom. The van der Waals surface area contributed by atoms with Crippen molar-refractivity contribution in [3.8, 4) is 5.75 Å². The normalized spacial score (nSPS) is 11.2. The summed E-state index contributed by atoms with van der Waals surface area (Å²) in [4.78, 5) is 10.1. The molecule has 0 aliphatic heterocycles. The third-order valence-corrected chi connectivity index (χ3v) is 1.85. The first-order valence-corrected chi connectivity index (χ1v) is 4.68. The Morgan fingerprint density at radius 2 is 2.19 bits per heavy atom. The van der Waals surface area contributed by atoms with E-state index in [0.717, 1.165) is 5.56 Å². The highest BCUT2D eigenvalue weighted by Gasteiger charge is 2.33. The van der Waals surface area contributed by atoms with Crippen molar-refractivity contribution in [2.45, 2.75) is 19.3 Å². The standard InChI is InChI=1S/C11H12F2O3/c1-8-3-2-4-9(5-8)16-7-11(12,13)6-10(14)15/h2-5H,6-7H2,1H3,(H,14,15). The van der Waals surface area contributed by atoms with Gasteiger partial charge < -0.3 is 9.84 Å². The Balaban J connectivity index is 2.54. The van der Waals surface area contributed by atoms with Gasteiger partial charge in [-0.1, -0.05) is 12.1 Å². The van der Waals surface area contributed by atoms with Crippen molar-refractivity contribution >= 4 is 5.97 Å². The summed E-state index contributed by atoms with van der Waals surface area (Å²) in [6, 6.07) is 6.64. The van der Waals surface area contributed by atoms with Crippen molar-refractivity contribution < 1.29 is 23.4 Å². The fourth-order valence-electron chi connectivity index (χ4n) is 1.17. The smallest absolute Gasteiger partial charge is 0.309 e. The number of aryl methyl sites for hydroxylation is 1. The third-order valence-electron chi connectivity index (χ3n) is 1.85. The molecule has 1 aromatic rings. The number of aliphatic carboxylic acids is 1. The van der Waals surface area contributed by atoms with Gasteiger partial charge in [0.25, 0.3) is 5.92 Å². The van der Waals surface area contributed by atoms with Crippen LogP contribution in [0.5, 0.6) is 5.75 Å². The van der Waals surface area contributed by atoms with Gasteiger partial charge in [-0.15, -0.1) is 0 Å². The van der Waals surface area contributed by atoms with E-state index in [1.165, 1.54) is 0 Å². The molecule has 0 unspecified atom stereocenters. The molecular weight excluding hydrogens is 218 g/mol. The van der Waals surface area contributed by atoms with E-state index in [-0.39, 0.29) is 0 Å². The van der Waals surface area contributed by atoms with Crippen LogP contribution in [-0.2, 0) is 4.79 Å². The van der Waals surface area contributed by atoms with Crippen LogP contribution in [0, 0.1) is 6.92 Å². The molecule has 1 aromatic carbocycles. The van der Waals surface area contributed by atoms with Crippen LogP contribution in [0.1, 0.15) is 12.0 Å². The highest BCUT2D eigenvalue weighted by atomic mass is 19.3. The number of hydrogen-bond donors (Lipinski definition) is 1. The summed E-state index contributed by atoms with van der Waals surface area (Å²) in [5.41, 5.74) is 0.888. The first-order valence-electron chi connectivity index (χ1n) is 4.68. The molecule has 0 amide bonds. The minimum absolute atomic E-state index is 0.310. The molecule has 0 saturated carbocycles. The fourth-order valence-corrected chi connectivity index (χ4v) is 1.17. The Kier molecular flexibility index (Phi) is 3.82. The summed E-state index contributed by atoms with van der Waals surface area (Å²) in [6.07, 6.45) is -1.22. The van der Waals surface area contributed by atoms with Crippen LogP contribution in [0.4, 0.5) is 8.78 Å². The maximum absolute atomic E-state index is 13.0. The molecule has 0 aliphatic rings. The summed E-state index contributed by atoms with van der Waals surface area (Å²) >= 11 is 0. The summed E-state index contributed by atoms with van der Waals surface area (Å²) in [6.45, 7) is 0.880. The third kappa shape index (κ3) is 4.25. The van der Waals surface area contributed by atoms with Gasteiger partial charge in [-0.2, -0.15) is 0 Å². The lowest BCUT2D eigenvalue weighted by Gasteiger charge is -2.15. The minimum atomic E-state index is -3.35. The second kappa shape index (κ2) is 4.92. The molecule has 0 spiro atoms. The Morgan fingerprint density at radius 3 is 2.75 bits per heavy atom. The summed E-state index contributed by atoms with van der Waals surface area (Å²) in [7, 11) is 0. The second-order valence-corrected chi connectivity index (χ2v) is 3.53. The molecule has 0 saturated heterocycles. The predicted octanol–water partition coefficient (Wildman–Crippen LogP) is 2.48. The highest BCUT2D eigenvalue weighted by molar-refractivity contribution is 5.67. The van der Waals surface area contributed by atoms with Gasteiger partial charge in [0.1, 0.15) is 12.2 Å². The molecule has 1 rings (SSSR count). The van der Waals surface area contributed by atoms with Gasteiger partial charge in [0, 0.05) is 0 Å². The van der Waals surface area contributed by atoms with Crippen LogP contribution < -0.4 is 4.74 Å². The fraction of sp³-hybridized carbons (Fsp3) is 0.364. The molecular formula is C11H12F2O3. The summed E-state index contributed by atoms with van der Waals surface area (Å²) < 4.78 is 30.7. The van der Waals surface area contributed by atoms with Gasteiger partial charge >= 0.3 is 5.97 Å². The molecule has 0 radical (unpaired) electrons. The summed E-state index contributed by atoms with van der Waals surface area (Å²) in [5.74, 6) is -4.59. The maximum atomic E-state index is 13.0. The zero-order chi connectivity index (χ0) is 12.2. The van der Waals surface area contributed by atoms with Crippen molar-refractivity contribution in [2.75, 3.05) is 6.61 Å². The van der Waals surface area contributed by atoms with E-state index in [1.54, 1.807) is 18.2 Å². The SMILES string of the molecule is Cc1cccc(OCC(F)(F)CC(=O)O)c1. The van der Waals surface area contributed by atoms with Crippen LogP contribution >= 0.6 is 0 Å². The molecule has 0 fully saturated rings.